The molecule has 1 heteroatoms. The fourth-order valence-electron chi connectivity index (χ4n) is 5.50. The van der Waals surface area contributed by atoms with E-state index < -0.39 is 5.41 Å². The van der Waals surface area contributed by atoms with Gasteiger partial charge >= 0.3 is 0 Å². The number of benzene rings is 5. The monoisotopic (exact) mass is 437 g/mol. The van der Waals surface area contributed by atoms with Crippen LogP contribution in [0, 0.1) is 13.8 Å². The third-order valence-corrected chi connectivity index (χ3v) is 7.08. The molecule has 1 aliphatic rings. The van der Waals surface area contributed by atoms with Crippen molar-refractivity contribution in [3.05, 3.63) is 161 Å². The van der Waals surface area contributed by atoms with Gasteiger partial charge in [0.05, 0.1) is 16.8 Å². The Morgan fingerprint density at radius 1 is 0.441 bits per heavy atom. The van der Waals surface area contributed by atoms with Crippen molar-refractivity contribution in [3.8, 4) is 0 Å². The highest BCUT2D eigenvalue weighted by atomic mass is 15.2. The topological polar surface area (TPSA) is 3.24 Å². The number of anilines is 3. The van der Waals surface area contributed by atoms with Crippen molar-refractivity contribution in [2.45, 2.75) is 19.3 Å². The van der Waals surface area contributed by atoms with Gasteiger partial charge in [-0.25, -0.2) is 0 Å². The summed E-state index contributed by atoms with van der Waals surface area (Å²) in [5.74, 6) is 0. The number of aryl methyl sites for hydroxylation is 2. The lowest BCUT2D eigenvalue weighted by Gasteiger charge is -2.46. The second kappa shape index (κ2) is 8.04. The van der Waals surface area contributed by atoms with Gasteiger partial charge in [-0.1, -0.05) is 114 Å². The first-order valence-corrected chi connectivity index (χ1v) is 11.9. The van der Waals surface area contributed by atoms with Gasteiger partial charge in [0.1, 0.15) is 0 Å². The SMILES string of the molecule is Cc1ccc(C2(c3ccc(C)cc3)c3ccccc3N(c3ccccc3)c3ccccc32)cc1. The van der Waals surface area contributed by atoms with Crippen LogP contribution in [-0.4, -0.2) is 0 Å². The summed E-state index contributed by atoms with van der Waals surface area (Å²) < 4.78 is 0. The molecule has 0 saturated carbocycles. The molecule has 1 heterocycles. The average molecular weight is 438 g/mol. The summed E-state index contributed by atoms with van der Waals surface area (Å²) in [7, 11) is 0. The molecule has 0 fully saturated rings. The Labute approximate surface area is 202 Å². The molecule has 0 radical (unpaired) electrons. The number of para-hydroxylation sites is 3. The van der Waals surface area contributed by atoms with E-state index in [4.69, 9.17) is 0 Å². The highest BCUT2D eigenvalue weighted by Gasteiger charge is 2.46. The molecule has 0 saturated heterocycles. The number of hydrogen-bond acceptors (Lipinski definition) is 1. The maximum atomic E-state index is 2.41. The average Bonchev–Trinajstić information content (AvgIpc) is 2.89. The van der Waals surface area contributed by atoms with Crippen molar-refractivity contribution in [3.63, 3.8) is 0 Å². The number of hydrogen-bond donors (Lipinski definition) is 0. The van der Waals surface area contributed by atoms with Crippen LogP contribution < -0.4 is 4.90 Å². The predicted molar refractivity (Wildman–Crippen MR) is 142 cm³/mol. The van der Waals surface area contributed by atoms with Crippen LogP contribution in [0.1, 0.15) is 33.4 Å². The van der Waals surface area contributed by atoms with Crippen molar-refractivity contribution in [1.29, 1.82) is 0 Å². The minimum atomic E-state index is -0.417. The van der Waals surface area contributed by atoms with Gasteiger partial charge in [0.2, 0.25) is 0 Å². The van der Waals surface area contributed by atoms with Gasteiger partial charge < -0.3 is 4.90 Å². The molecule has 0 bridgehead atoms. The fourth-order valence-corrected chi connectivity index (χ4v) is 5.50. The third kappa shape index (κ3) is 3.01. The van der Waals surface area contributed by atoms with E-state index in [2.05, 4.69) is 146 Å². The van der Waals surface area contributed by atoms with Crippen LogP contribution in [0.3, 0.4) is 0 Å². The maximum absolute atomic E-state index is 2.41. The quantitative estimate of drug-likeness (QED) is 0.268. The molecular formula is C33H27N. The lowest BCUT2D eigenvalue weighted by atomic mass is 9.62. The number of fused-ring (bicyclic) bond motifs is 2. The summed E-state index contributed by atoms with van der Waals surface area (Å²) in [5, 5.41) is 0. The van der Waals surface area contributed by atoms with Crippen LogP contribution in [0.4, 0.5) is 17.1 Å². The van der Waals surface area contributed by atoms with Crippen molar-refractivity contribution in [1.82, 2.24) is 0 Å². The van der Waals surface area contributed by atoms with E-state index >= 15 is 0 Å². The number of rotatable bonds is 3. The largest absolute Gasteiger partial charge is 0.310 e. The summed E-state index contributed by atoms with van der Waals surface area (Å²) in [6.45, 7) is 4.31. The Bertz CT molecular complexity index is 1350. The molecule has 6 rings (SSSR count). The van der Waals surface area contributed by atoms with Gasteiger partial charge in [-0.15, -0.1) is 0 Å². The predicted octanol–water partition coefficient (Wildman–Crippen LogP) is 8.47. The van der Waals surface area contributed by atoms with Crippen LogP contribution >= 0.6 is 0 Å². The summed E-state index contributed by atoms with van der Waals surface area (Å²) >= 11 is 0. The van der Waals surface area contributed by atoms with Crippen LogP contribution in [-0.2, 0) is 5.41 Å². The molecule has 164 valence electrons. The maximum Gasteiger partial charge on any atom is 0.0742 e. The molecule has 1 nitrogen and oxygen atoms in total. The zero-order valence-corrected chi connectivity index (χ0v) is 19.6. The Morgan fingerprint density at radius 3 is 1.32 bits per heavy atom. The van der Waals surface area contributed by atoms with E-state index in [0.717, 1.165) is 0 Å². The van der Waals surface area contributed by atoms with Crippen LogP contribution in [0.15, 0.2) is 127 Å². The van der Waals surface area contributed by atoms with Gasteiger partial charge in [0.25, 0.3) is 0 Å². The normalized spacial score (nSPS) is 13.8. The minimum absolute atomic E-state index is 0.417. The van der Waals surface area contributed by atoms with E-state index in [1.54, 1.807) is 0 Å². The van der Waals surface area contributed by atoms with Crippen LogP contribution in [0.5, 0.6) is 0 Å². The summed E-state index contributed by atoms with van der Waals surface area (Å²) in [5.41, 5.74) is 10.9. The lowest BCUT2D eigenvalue weighted by Crippen LogP contribution is -2.37. The number of nitrogens with zero attached hydrogens (tertiary/aromatic N) is 1. The van der Waals surface area contributed by atoms with Gasteiger partial charge in [-0.05, 0) is 60.4 Å². The molecule has 1 aliphatic heterocycles. The Kier molecular flexibility index (Phi) is 4.85. The van der Waals surface area contributed by atoms with E-state index in [1.165, 1.54) is 50.4 Å². The summed E-state index contributed by atoms with van der Waals surface area (Å²) in [4.78, 5) is 2.41. The molecule has 0 aromatic heterocycles. The van der Waals surface area contributed by atoms with E-state index in [-0.39, 0.29) is 0 Å². The molecule has 5 aromatic rings. The molecule has 5 aromatic carbocycles. The van der Waals surface area contributed by atoms with E-state index in [1.807, 2.05) is 0 Å². The first kappa shape index (κ1) is 20.5. The minimum Gasteiger partial charge on any atom is -0.310 e. The standard InChI is InChI=1S/C33H27N/c1-24-16-20-26(21-17-24)33(27-22-18-25(2)19-23-27)29-12-6-8-14-31(29)34(28-10-4-3-5-11-28)32-15-9-7-13-30(32)33/h3-23H,1-2H3. The Hall–Kier alpha value is -4.10. The molecule has 0 N–H and O–H groups in total. The third-order valence-electron chi connectivity index (χ3n) is 7.08. The Morgan fingerprint density at radius 2 is 0.853 bits per heavy atom. The van der Waals surface area contributed by atoms with E-state index in [9.17, 15) is 0 Å². The fraction of sp³-hybridized carbons (Fsp3) is 0.0909. The molecule has 0 unspecified atom stereocenters. The van der Waals surface area contributed by atoms with Crippen LogP contribution in [0.25, 0.3) is 0 Å². The Balaban J connectivity index is 1.77. The molecule has 34 heavy (non-hydrogen) atoms. The van der Waals surface area contributed by atoms with Crippen molar-refractivity contribution in [2.75, 3.05) is 4.90 Å². The molecule has 0 atom stereocenters. The smallest absolute Gasteiger partial charge is 0.0742 e. The second-order valence-electron chi connectivity index (χ2n) is 9.19. The second-order valence-corrected chi connectivity index (χ2v) is 9.19. The lowest BCUT2D eigenvalue weighted by molar-refractivity contribution is 0.730. The molecule has 0 amide bonds. The van der Waals surface area contributed by atoms with Crippen molar-refractivity contribution in [2.24, 2.45) is 0 Å². The first-order chi connectivity index (χ1) is 16.7. The van der Waals surface area contributed by atoms with Gasteiger partial charge in [0.15, 0.2) is 0 Å². The summed E-state index contributed by atoms with van der Waals surface area (Å²) in [6, 6.07) is 46.6. The molecule has 0 aliphatic carbocycles. The first-order valence-electron chi connectivity index (χ1n) is 11.9. The van der Waals surface area contributed by atoms with Crippen molar-refractivity contribution >= 4 is 17.1 Å². The zero-order chi connectivity index (χ0) is 23.1. The zero-order valence-electron chi connectivity index (χ0n) is 19.6. The highest BCUT2D eigenvalue weighted by Crippen LogP contribution is 2.57. The van der Waals surface area contributed by atoms with Gasteiger partial charge in [0, 0.05) is 5.69 Å². The van der Waals surface area contributed by atoms with E-state index in [0.29, 0.717) is 0 Å². The van der Waals surface area contributed by atoms with Gasteiger partial charge in [-0.3, -0.25) is 0 Å². The molecular weight excluding hydrogens is 410 g/mol. The van der Waals surface area contributed by atoms with Gasteiger partial charge in [-0.2, -0.15) is 0 Å². The highest BCUT2D eigenvalue weighted by molar-refractivity contribution is 5.89. The summed E-state index contributed by atoms with van der Waals surface area (Å²) in [6.07, 6.45) is 0. The van der Waals surface area contributed by atoms with Crippen molar-refractivity contribution < 1.29 is 0 Å². The molecule has 0 spiro atoms. The van der Waals surface area contributed by atoms with Crippen LogP contribution in [0.2, 0.25) is 0 Å².